The Hall–Kier alpha value is -1.88. The number of aliphatic hydroxyl groups excluding tert-OH is 1. The molecule has 1 saturated heterocycles. The van der Waals surface area contributed by atoms with Gasteiger partial charge in [0, 0.05) is 0 Å². The molecule has 0 aromatic heterocycles. The average Bonchev–Trinajstić information content (AvgIpc) is 2.58. The Kier molecular flexibility index (Phi) is 2.39. The molecule has 78 valence electrons. The molecule has 1 fully saturated rings. The van der Waals surface area contributed by atoms with Gasteiger partial charge < -0.3 is 10.4 Å². The zero-order valence-electron chi connectivity index (χ0n) is 7.86. The third-order valence-corrected chi connectivity index (χ3v) is 2.27. The van der Waals surface area contributed by atoms with Crippen LogP contribution in [0.1, 0.15) is 17.2 Å². The molecule has 0 aliphatic carbocycles. The molecule has 0 unspecified atom stereocenters. The first-order valence-electron chi connectivity index (χ1n) is 4.52. The molecule has 3 N–H and O–H groups in total. The van der Waals surface area contributed by atoms with Crippen LogP contribution in [0.2, 0.25) is 0 Å². The van der Waals surface area contributed by atoms with Crippen molar-refractivity contribution in [1.29, 1.82) is 0 Å². The number of benzene rings is 1. The monoisotopic (exact) mass is 206 g/mol. The molecule has 15 heavy (non-hydrogen) atoms. The van der Waals surface area contributed by atoms with E-state index in [4.69, 9.17) is 5.11 Å². The summed E-state index contributed by atoms with van der Waals surface area (Å²) < 4.78 is 0. The van der Waals surface area contributed by atoms with E-state index in [1.165, 1.54) is 0 Å². The molecule has 0 radical (unpaired) electrons. The average molecular weight is 206 g/mol. The Morgan fingerprint density at radius 2 is 1.87 bits per heavy atom. The molecular formula is C10H10N2O3. The fraction of sp³-hybridized carbons (Fsp3) is 0.200. The zero-order valence-corrected chi connectivity index (χ0v) is 7.86. The lowest BCUT2D eigenvalue weighted by Gasteiger charge is -2.07. The lowest BCUT2D eigenvalue weighted by Crippen LogP contribution is -2.22. The van der Waals surface area contributed by atoms with E-state index in [1.807, 2.05) is 0 Å². The summed E-state index contributed by atoms with van der Waals surface area (Å²) in [7, 11) is 0. The molecule has 1 heterocycles. The molecule has 5 nitrogen and oxygen atoms in total. The van der Waals surface area contributed by atoms with Crippen LogP contribution >= 0.6 is 0 Å². The van der Waals surface area contributed by atoms with Gasteiger partial charge >= 0.3 is 6.03 Å². The molecule has 1 aromatic rings. The fourth-order valence-corrected chi connectivity index (χ4v) is 1.47. The second-order valence-corrected chi connectivity index (χ2v) is 3.30. The highest BCUT2D eigenvalue weighted by atomic mass is 16.3. The van der Waals surface area contributed by atoms with Crippen molar-refractivity contribution in [3.63, 3.8) is 0 Å². The minimum atomic E-state index is -0.620. The number of aliphatic hydroxyl groups is 1. The maximum atomic E-state index is 11.3. The van der Waals surface area contributed by atoms with E-state index in [9.17, 15) is 9.59 Å². The van der Waals surface area contributed by atoms with Gasteiger partial charge in [-0.15, -0.1) is 0 Å². The number of amides is 3. The van der Waals surface area contributed by atoms with Gasteiger partial charge in [-0.05, 0) is 11.1 Å². The molecule has 0 spiro atoms. The van der Waals surface area contributed by atoms with Crippen molar-refractivity contribution < 1.29 is 14.7 Å². The second-order valence-electron chi connectivity index (χ2n) is 3.30. The summed E-state index contributed by atoms with van der Waals surface area (Å²) in [6, 6.07) is 5.75. The fourth-order valence-electron chi connectivity index (χ4n) is 1.47. The van der Waals surface area contributed by atoms with Gasteiger partial charge in [0.15, 0.2) is 0 Å². The minimum absolute atomic E-state index is 0.0382. The first kappa shape index (κ1) is 9.67. The standard InChI is InChI=1S/C10H10N2O3/c13-5-6-1-3-7(4-2-6)8-9(14)12-10(15)11-8/h1-4,8,13H,5H2,(H2,11,12,14,15)/t8-/m0/s1. The van der Waals surface area contributed by atoms with Gasteiger partial charge in [-0.25, -0.2) is 4.79 Å². The first-order valence-corrected chi connectivity index (χ1v) is 4.52. The van der Waals surface area contributed by atoms with Crippen molar-refractivity contribution >= 4 is 11.9 Å². The van der Waals surface area contributed by atoms with Crippen molar-refractivity contribution in [2.75, 3.05) is 0 Å². The van der Waals surface area contributed by atoms with E-state index in [-0.39, 0.29) is 12.5 Å². The van der Waals surface area contributed by atoms with Crippen LogP contribution in [0.3, 0.4) is 0 Å². The lowest BCUT2D eigenvalue weighted by molar-refractivity contribution is -0.120. The summed E-state index contributed by atoms with van der Waals surface area (Å²) in [5.74, 6) is -0.350. The second kappa shape index (κ2) is 3.70. The maximum absolute atomic E-state index is 11.3. The number of carbonyl (C=O) groups is 2. The van der Waals surface area contributed by atoms with Crippen LogP contribution in [0, 0.1) is 0 Å². The molecule has 0 saturated carbocycles. The van der Waals surface area contributed by atoms with Crippen LogP contribution < -0.4 is 10.6 Å². The van der Waals surface area contributed by atoms with Gasteiger partial charge in [-0.2, -0.15) is 0 Å². The number of imide groups is 1. The minimum Gasteiger partial charge on any atom is -0.392 e. The number of rotatable bonds is 2. The van der Waals surface area contributed by atoms with Crippen LogP contribution in [-0.2, 0) is 11.4 Å². The predicted octanol–water partition coefficient (Wildman–Crippen LogP) is 0.0594. The number of hydrogen-bond donors (Lipinski definition) is 3. The first-order chi connectivity index (χ1) is 7.20. The molecule has 1 atom stereocenters. The largest absolute Gasteiger partial charge is 0.392 e. The maximum Gasteiger partial charge on any atom is 0.322 e. The van der Waals surface area contributed by atoms with E-state index < -0.39 is 12.1 Å². The highest BCUT2D eigenvalue weighted by molar-refractivity contribution is 6.04. The predicted molar refractivity (Wildman–Crippen MR) is 51.8 cm³/mol. The Morgan fingerprint density at radius 3 is 2.33 bits per heavy atom. The van der Waals surface area contributed by atoms with Crippen molar-refractivity contribution in [2.24, 2.45) is 0 Å². The Morgan fingerprint density at radius 1 is 1.20 bits per heavy atom. The third kappa shape index (κ3) is 1.82. The molecule has 1 aliphatic rings. The van der Waals surface area contributed by atoms with Crippen LogP contribution in [0.15, 0.2) is 24.3 Å². The SMILES string of the molecule is O=C1NC(=O)[C@H](c2ccc(CO)cc2)N1. The number of nitrogens with one attached hydrogen (secondary N) is 2. The highest BCUT2D eigenvalue weighted by Gasteiger charge is 2.30. The number of carbonyl (C=O) groups excluding carboxylic acids is 2. The molecule has 2 rings (SSSR count). The van der Waals surface area contributed by atoms with Crippen molar-refractivity contribution in [2.45, 2.75) is 12.6 Å². The van der Waals surface area contributed by atoms with Gasteiger partial charge in [0.2, 0.25) is 0 Å². The molecular weight excluding hydrogens is 196 g/mol. The van der Waals surface area contributed by atoms with E-state index in [0.717, 1.165) is 5.56 Å². The molecule has 1 aromatic carbocycles. The Balaban J connectivity index is 2.22. The van der Waals surface area contributed by atoms with E-state index in [2.05, 4.69) is 10.6 Å². The van der Waals surface area contributed by atoms with Crippen LogP contribution in [0.4, 0.5) is 4.79 Å². The number of hydrogen-bond acceptors (Lipinski definition) is 3. The van der Waals surface area contributed by atoms with Crippen molar-refractivity contribution in [1.82, 2.24) is 10.6 Å². The van der Waals surface area contributed by atoms with Crippen molar-refractivity contribution in [3.05, 3.63) is 35.4 Å². The summed E-state index contributed by atoms with van der Waals surface area (Å²) in [5.41, 5.74) is 1.47. The molecule has 0 bridgehead atoms. The van der Waals surface area contributed by atoms with Gasteiger partial charge in [0.05, 0.1) is 6.61 Å². The van der Waals surface area contributed by atoms with Gasteiger partial charge in [0.25, 0.3) is 5.91 Å². The van der Waals surface area contributed by atoms with Gasteiger partial charge in [-0.1, -0.05) is 24.3 Å². The molecule has 5 heteroatoms. The normalized spacial score (nSPS) is 19.9. The summed E-state index contributed by atoms with van der Waals surface area (Å²) >= 11 is 0. The summed E-state index contributed by atoms with van der Waals surface area (Å²) in [5, 5.41) is 13.5. The highest BCUT2D eigenvalue weighted by Crippen LogP contribution is 2.16. The smallest absolute Gasteiger partial charge is 0.322 e. The zero-order chi connectivity index (χ0) is 10.8. The third-order valence-electron chi connectivity index (χ3n) is 2.27. The summed E-state index contributed by atoms with van der Waals surface area (Å²) in [6.07, 6.45) is 0. The van der Waals surface area contributed by atoms with E-state index in [0.29, 0.717) is 5.56 Å². The van der Waals surface area contributed by atoms with Crippen LogP contribution in [-0.4, -0.2) is 17.0 Å². The van der Waals surface area contributed by atoms with Crippen LogP contribution in [0.5, 0.6) is 0 Å². The summed E-state index contributed by atoms with van der Waals surface area (Å²) in [6.45, 7) is -0.0382. The van der Waals surface area contributed by atoms with Gasteiger partial charge in [0.1, 0.15) is 6.04 Å². The van der Waals surface area contributed by atoms with Crippen LogP contribution in [0.25, 0.3) is 0 Å². The van der Waals surface area contributed by atoms with E-state index in [1.54, 1.807) is 24.3 Å². The molecule has 3 amide bonds. The quantitative estimate of drug-likeness (QED) is 0.599. The molecule has 1 aliphatic heterocycles. The topological polar surface area (TPSA) is 78.4 Å². The Labute approximate surface area is 86.1 Å². The van der Waals surface area contributed by atoms with Gasteiger partial charge in [-0.3, -0.25) is 10.1 Å². The Bertz CT molecular complexity index is 400. The lowest BCUT2D eigenvalue weighted by atomic mass is 10.1. The van der Waals surface area contributed by atoms with Crippen molar-refractivity contribution in [3.8, 4) is 0 Å². The summed E-state index contributed by atoms with van der Waals surface area (Å²) in [4.78, 5) is 22.2. The van der Waals surface area contributed by atoms with E-state index >= 15 is 0 Å². The number of urea groups is 1.